The lowest BCUT2D eigenvalue weighted by Gasteiger charge is -2.09. The Labute approximate surface area is 119 Å². The average molecular weight is 272 g/mol. The first-order chi connectivity index (χ1) is 9.78. The molecule has 2 rings (SSSR count). The normalized spacial score (nSPS) is 10.3. The number of aryl methyl sites for hydroxylation is 1. The second-order valence-corrected chi connectivity index (χ2v) is 4.64. The summed E-state index contributed by atoms with van der Waals surface area (Å²) in [6.07, 6.45) is 3.25. The van der Waals surface area contributed by atoms with Gasteiger partial charge in [0.15, 0.2) is 0 Å². The lowest BCUT2D eigenvalue weighted by molar-refractivity contribution is 0.286. The predicted molar refractivity (Wildman–Crippen MR) is 81.3 cm³/mol. The minimum atomic E-state index is 0.228. The van der Waals surface area contributed by atoms with Gasteiger partial charge in [-0.25, -0.2) is 9.97 Å². The molecule has 0 atom stereocenters. The fourth-order valence-corrected chi connectivity index (χ4v) is 1.85. The molecule has 0 spiro atoms. The summed E-state index contributed by atoms with van der Waals surface area (Å²) in [6.45, 7) is 3.08. The van der Waals surface area contributed by atoms with Crippen LogP contribution in [0.5, 0.6) is 0 Å². The first-order valence-electron chi connectivity index (χ1n) is 6.78. The van der Waals surface area contributed by atoms with Gasteiger partial charge in [0.1, 0.15) is 18.0 Å². The third-order valence-corrected chi connectivity index (χ3v) is 2.85. The topological polar surface area (TPSA) is 70.1 Å². The minimum Gasteiger partial charge on any atom is -0.396 e. The van der Waals surface area contributed by atoms with E-state index >= 15 is 0 Å². The van der Waals surface area contributed by atoms with Crippen molar-refractivity contribution >= 4 is 17.3 Å². The lowest BCUT2D eigenvalue weighted by atomic mass is 10.2. The van der Waals surface area contributed by atoms with Crippen LogP contribution in [0.15, 0.2) is 36.7 Å². The van der Waals surface area contributed by atoms with Crippen molar-refractivity contribution in [1.82, 2.24) is 9.97 Å². The maximum Gasteiger partial charge on any atom is 0.135 e. The van der Waals surface area contributed by atoms with E-state index < -0.39 is 0 Å². The van der Waals surface area contributed by atoms with Gasteiger partial charge in [-0.3, -0.25) is 0 Å². The Morgan fingerprint density at radius 3 is 2.75 bits per heavy atom. The summed E-state index contributed by atoms with van der Waals surface area (Å²) in [5.74, 6) is 1.54. The van der Waals surface area contributed by atoms with E-state index in [1.54, 1.807) is 0 Å². The van der Waals surface area contributed by atoms with E-state index in [0.717, 1.165) is 36.7 Å². The Kier molecular flexibility index (Phi) is 5.32. The van der Waals surface area contributed by atoms with Gasteiger partial charge in [-0.2, -0.15) is 0 Å². The molecule has 106 valence electrons. The van der Waals surface area contributed by atoms with Gasteiger partial charge in [-0.1, -0.05) is 12.1 Å². The summed E-state index contributed by atoms with van der Waals surface area (Å²) in [4.78, 5) is 8.38. The minimum absolute atomic E-state index is 0.228. The molecular weight excluding hydrogens is 252 g/mol. The third-order valence-electron chi connectivity index (χ3n) is 2.85. The molecule has 3 N–H and O–H groups in total. The third kappa shape index (κ3) is 4.51. The van der Waals surface area contributed by atoms with Crippen LogP contribution in [0.3, 0.4) is 0 Å². The SMILES string of the molecule is Cc1cccc(Nc2cc(NCCCCO)ncn2)c1. The number of hydrogen-bond donors (Lipinski definition) is 3. The monoisotopic (exact) mass is 272 g/mol. The van der Waals surface area contributed by atoms with Crippen LogP contribution < -0.4 is 10.6 Å². The zero-order chi connectivity index (χ0) is 14.2. The van der Waals surface area contributed by atoms with Crippen LogP contribution in [0.4, 0.5) is 17.3 Å². The molecule has 0 bridgehead atoms. The van der Waals surface area contributed by atoms with E-state index in [-0.39, 0.29) is 6.61 Å². The van der Waals surface area contributed by atoms with Crippen molar-refractivity contribution in [2.75, 3.05) is 23.8 Å². The highest BCUT2D eigenvalue weighted by atomic mass is 16.2. The molecule has 0 radical (unpaired) electrons. The molecule has 0 amide bonds. The predicted octanol–water partition coefficient (Wildman–Crippen LogP) is 2.71. The van der Waals surface area contributed by atoms with Crippen LogP contribution >= 0.6 is 0 Å². The molecular formula is C15H20N4O. The fraction of sp³-hybridized carbons (Fsp3) is 0.333. The van der Waals surface area contributed by atoms with Crippen molar-refractivity contribution in [3.05, 3.63) is 42.2 Å². The van der Waals surface area contributed by atoms with Gasteiger partial charge in [-0.05, 0) is 37.5 Å². The molecule has 2 aromatic rings. The standard InChI is InChI=1S/C15H20N4O/c1-12-5-4-6-13(9-12)19-15-10-14(17-11-18-15)16-7-2-3-8-20/h4-6,9-11,20H,2-3,7-8H2,1H3,(H2,16,17,18,19). The van der Waals surface area contributed by atoms with Crippen LogP contribution in [0, 0.1) is 6.92 Å². The first-order valence-corrected chi connectivity index (χ1v) is 6.78. The second kappa shape index (κ2) is 7.45. The van der Waals surface area contributed by atoms with E-state index in [4.69, 9.17) is 5.11 Å². The number of aliphatic hydroxyl groups is 1. The van der Waals surface area contributed by atoms with E-state index in [2.05, 4.69) is 39.7 Å². The van der Waals surface area contributed by atoms with E-state index in [0.29, 0.717) is 0 Å². The Bertz CT molecular complexity index is 545. The molecule has 0 fully saturated rings. The Morgan fingerprint density at radius 1 is 1.10 bits per heavy atom. The quantitative estimate of drug-likeness (QED) is 0.676. The van der Waals surface area contributed by atoms with Gasteiger partial charge in [0.05, 0.1) is 0 Å². The molecule has 1 aromatic carbocycles. The molecule has 0 aliphatic rings. The maximum atomic E-state index is 8.73. The first kappa shape index (κ1) is 14.3. The molecule has 0 aliphatic carbocycles. The van der Waals surface area contributed by atoms with Gasteiger partial charge in [-0.15, -0.1) is 0 Å². The zero-order valence-electron chi connectivity index (χ0n) is 11.6. The highest BCUT2D eigenvalue weighted by molar-refractivity contribution is 5.59. The molecule has 0 aliphatic heterocycles. The number of rotatable bonds is 7. The fourth-order valence-electron chi connectivity index (χ4n) is 1.85. The van der Waals surface area contributed by atoms with Crippen LogP contribution in [0.2, 0.25) is 0 Å². The summed E-state index contributed by atoms with van der Waals surface area (Å²) in [6, 6.07) is 10.0. The van der Waals surface area contributed by atoms with Crippen molar-refractivity contribution in [2.45, 2.75) is 19.8 Å². The molecule has 1 heterocycles. The molecule has 0 saturated carbocycles. The van der Waals surface area contributed by atoms with Crippen molar-refractivity contribution in [3.8, 4) is 0 Å². The lowest BCUT2D eigenvalue weighted by Crippen LogP contribution is -2.05. The second-order valence-electron chi connectivity index (χ2n) is 4.64. The summed E-state index contributed by atoms with van der Waals surface area (Å²) >= 11 is 0. The van der Waals surface area contributed by atoms with Crippen LogP contribution in [0.1, 0.15) is 18.4 Å². The van der Waals surface area contributed by atoms with Crippen molar-refractivity contribution in [3.63, 3.8) is 0 Å². The largest absolute Gasteiger partial charge is 0.396 e. The summed E-state index contributed by atoms with van der Waals surface area (Å²) in [5, 5.41) is 15.2. The number of aromatic nitrogens is 2. The zero-order valence-corrected chi connectivity index (χ0v) is 11.6. The number of anilines is 3. The number of hydrogen-bond acceptors (Lipinski definition) is 5. The van der Waals surface area contributed by atoms with Gasteiger partial charge < -0.3 is 15.7 Å². The summed E-state index contributed by atoms with van der Waals surface area (Å²) in [5.41, 5.74) is 2.21. The number of unbranched alkanes of at least 4 members (excludes halogenated alkanes) is 1. The molecule has 0 saturated heterocycles. The van der Waals surface area contributed by atoms with Gasteiger partial charge in [0, 0.05) is 24.9 Å². The Hall–Kier alpha value is -2.14. The highest BCUT2D eigenvalue weighted by Crippen LogP contribution is 2.17. The van der Waals surface area contributed by atoms with Crippen LogP contribution in [0.25, 0.3) is 0 Å². The number of aliphatic hydroxyl groups excluding tert-OH is 1. The number of nitrogens with zero attached hydrogens (tertiary/aromatic N) is 2. The molecule has 1 aromatic heterocycles. The van der Waals surface area contributed by atoms with E-state index in [9.17, 15) is 0 Å². The van der Waals surface area contributed by atoms with Gasteiger partial charge >= 0.3 is 0 Å². The van der Waals surface area contributed by atoms with Gasteiger partial charge in [0.2, 0.25) is 0 Å². The van der Waals surface area contributed by atoms with Crippen LogP contribution in [-0.4, -0.2) is 28.2 Å². The smallest absolute Gasteiger partial charge is 0.135 e. The number of benzene rings is 1. The Balaban J connectivity index is 1.95. The average Bonchev–Trinajstić information content (AvgIpc) is 2.44. The summed E-state index contributed by atoms with van der Waals surface area (Å²) in [7, 11) is 0. The van der Waals surface area contributed by atoms with E-state index in [1.807, 2.05) is 18.2 Å². The van der Waals surface area contributed by atoms with Crippen LogP contribution in [-0.2, 0) is 0 Å². The van der Waals surface area contributed by atoms with E-state index in [1.165, 1.54) is 11.9 Å². The molecule has 5 nitrogen and oxygen atoms in total. The Morgan fingerprint density at radius 2 is 1.95 bits per heavy atom. The van der Waals surface area contributed by atoms with Gasteiger partial charge in [0.25, 0.3) is 0 Å². The summed E-state index contributed by atoms with van der Waals surface area (Å²) < 4.78 is 0. The van der Waals surface area contributed by atoms with Crippen molar-refractivity contribution < 1.29 is 5.11 Å². The number of nitrogens with one attached hydrogen (secondary N) is 2. The molecule has 5 heteroatoms. The maximum absolute atomic E-state index is 8.73. The molecule has 20 heavy (non-hydrogen) atoms. The van der Waals surface area contributed by atoms with Crippen molar-refractivity contribution in [1.29, 1.82) is 0 Å². The van der Waals surface area contributed by atoms with Crippen molar-refractivity contribution in [2.24, 2.45) is 0 Å². The highest BCUT2D eigenvalue weighted by Gasteiger charge is 1.99. The molecule has 0 unspecified atom stereocenters.